The number of hydrogen-bond acceptors (Lipinski definition) is 9. The van der Waals surface area contributed by atoms with Crippen LogP contribution in [-0.4, -0.2) is 41.7 Å². The van der Waals surface area contributed by atoms with E-state index in [1.54, 1.807) is 30.3 Å². The van der Waals surface area contributed by atoms with Crippen LogP contribution in [-0.2, 0) is 9.84 Å². The van der Waals surface area contributed by atoms with Crippen LogP contribution in [0.15, 0.2) is 47.4 Å². The van der Waals surface area contributed by atoms with Crippen molar-refractivity contribution in [2.75, 3.05) is 24.4 Å². The van der Waals surface area contributed by atoms with Gasteiger partial charge in [0.1, 0.15) is 5.69 Å². The molecule has 2 aromatic heterocycles. The van der Waals surface area contributed by atoms with Crippen LogP contribution in [0.3, 0.4) is 0 Å². The Morgan fingerprint density at radius 2 is 1.81 bits per heavy atom. The van der Waals surface area contributed by atoms with Crippen LogP contribution < -0.4 is 15.8 Å². The monoisotopic (exact) mass is 372 g/mol. The number of nitrogens with one attached hydrogen (secondary N) is 1. The minimum Gasteiger partial charge on any atom is -0.481 e. The zero-order valence-electron chi connectivity index (χ0n) is 14.0. The lowest BCUT2D eigenvalue weighted by Crippen LogP contribution is -2.06. The molecular weight excluding hydrogens is 356 g/mol. The molecule has 0 aliphatic heterocycles. The molecule has 0 fully saturated rings. The van der Waals surface area contributed by atoms with E-state index in [0.29, 0.717) is 17.3 Å². The minimum atomic E-state index is -3.33. The third-order valence-electron chi connectivity index (χ3n) is 3.33. The van der Waals surface area contributed by atoms with Gasteiger partial charge in [-0.25, -0.2) is 13.4 Å². The lowest BCUT2D eigenvalue weighted by molar-refractivity contribution is 0.398. The van der Waals surface area contributed by atoms with Gasteiger partial charge in [0.2, 0.25) is 17.8 Å². The number of hydrogen-bond donors (Lipinski definition) is 2. The highest BCUT2D eigenvalue weighted by Crippen LogP contribution is 2.21. The third kappa shape index (κ3) is 4.03. The molecule has 3 N–H and O–H groups in total. The van der Waals surface area contributed by atoms with Gasteiger partial charge in [0.05, 0.1) is 12.0 Å². The predicted octanol–water partition coefficient (Wildman–Crippen LogP) is 1.67. The number of pyridine rings is 1. The van der Waals surface area contributed by atoms with Crippen molar-refractivity contribution in [2.45, 2.75) is 4.90 Å². The number of rotatable bonds is 5. The number of anilines is 3. The lowest BCUT2D eigenvalue weighted by atomic mass is 10.3. The van der Waals surface area contributed by atoms with Gasteiger partial charge in [-0.3, -0.25) is 0 Å². The molecule has 0 bridgehead atoms. The Kier molecular flexibility index (Phi) is 4.67. The second kappa shape index (κ2) is 6.92. The van der Waals surface area contributed by atoms with E-state index in [2.05, 4.69) is 25.3 Å². The van der Waals surface area contributed by atoms with E-state index < -0.39 is 9.84 Å². The fraction of sp³-hybridized carbons (Fsp3) is 0.125. The maximum Gasteiger partial charge on any atom is 0.232 e. The molecule has 0 aliphatic rings. The summed E-state index contributed by atoms with van der Waals surface area (Å²) in [5.41, 5.74) is 6.73. The first-order valence-corrected chi connectivity index (χ1v) is 9.34. The standard InChI is InChI=1S/C16H16N6O3S/c1-25-13-8-4-7-12(19-13)14-20-15(17)22-16(21-14)18-10-5-3-6-11(9-10)26(2,23)24/h3-9H,1-2H3,(H3,17,18,20,21,22). The van der Waals surface area contributed by atoms with Crippen LogP contribution in [0.2, 0.25) is 0 Å². The van der Waals surface area contributed by atoms with E-state index in [1.165, 1.54) is 19.2 Å². The molecule has 9 nitrogen and oxygen atoms in total. The Morgan fingerprint density at radius 3 is 2.54 bits per heavy atom. The molecule has 0 atom stereocenters. The first-order valence-electron chi connectivity index (χ1n) is 7.45. The SMILES string of the molecule is COc1cccc(-c2nc(N)nc(Nc3cccc(S(C)(=O)=O)c3)n2)n1. The van der Waals surface area contributed by atoms with Crippen molar-refractivity contribution < 1.29 is 13.2 Å². The van der Waals surface area contributed by atoms with Crippen molar-refractivity contribution in [3.05, 3.63) is 42.5 Å². The summed E-state index contributed by atoms with van der Waals surface area (Å²) < 4.78 is 28.5. The zero-order chi connectivity index (χ0) is 18.7. The first kappa shape index (κ1) is 17.5. The van der Waals surface area contributed by atoms with Gasteiger partial charge in [0.15, 0.2) is 15.7 Å². The van der Waals surface area contributed by atoms with Crippen molar-refractivity contribution in [3.8, 4) is 17.4 Å². The van der Waals surface area contributed by atoms with Crippen LogP contribution in [0, 0.1) is 0 Å². The van der Waals surface area contributed by atoms with Crippen LogP contribution in [0.1, 0.15) is 0 Å². The third-order valence-corrected chi connectivity index (χ3v) is 4.44. The molecule has 0 spiro atoms. The van der Waals surface area contributed by atoms with Gasteiger partial charge < -0.3 is 15.8 Å². The summed E-state index contributed by atoms with van der Waals surface area (Å²) in [6.45, 7) is 0. The predicted molar refractivity (Wildman–Crippen MR) is 96.9 cm³/mol. The second-order valence-electron chi connectivity index (χ2n) is 5.33. The molecule has 2 heterocycles. The molecule has 1 aromatic carbocycles. The maximum atomic E-state index is 11.7. The summed E-state index contributed by atoms with van der Waals surface area (Å²) in [4.78, 5) is 16.8. The van der Waals surface area contributed by atoms with Gasteiger partial charge >= 0.3 is 0 Å². The number of benzene rings is 1. The van der Waals surface area contributed by atoms with Crippen molar-refractivity contribution in [2.24, 2.45) is 0 Å². The molecule has 0 unspecified atom stereocenters. The Balaban J connectivity index is 1.96. The zero-order valence-corrected chi connectivity index (χ0v) is 14.9. The molecule has 26 heavy (non-hydrogen) atoms. The van der Waals surface area contributed by atoms with Crippen molar-refractivity contribution >= 4 is 27.4 Å². The summed E-state index contributed by atoms with van der Waals surface area (Å²) in [7, 11) is -1.82. The maximum absolute atomic E-state index is 11.7. The molecule has 134 valence electrons. The molecule has 0 amide bonds. The summed E-state index contributed by atoms with van der Waals surface area (Å²) in [6, 6.07) is 11.5. The van der Waals surface area contributed by atoms with E-state index in [1.807, 2.05) is 0 Å². The van der Waals surface area contributed by atoms with Crippen molar-refractivity contribution in [1.29, 1.82) is 0 Å². The Hall–Kier alpha value is -3.27. The summed E-state index contributed by atoms with van der Waals surface area (Å²) in [6.07, 6.45) is 1.14. The Bertz CT molecular complexity index is 1060. The van der Waals surface area contributed by atoms with E-state index in [9.17, 15) is 8.42 Å². The number of nitrogen functional groups attached to an aromatic ring is 1. The van der Waals surface area contributed by atoms with Crippen LogP contribution >= 0.6 is 0 Å². The molecule has 0 radical (unpaired) electrons. The van der Waals surface area contributed by atoms with Gasteiger partial charge in [-0.2, -0.15) is 15.0 Å². The lowest BCUT2D eigenvalue weighted by Gasteiger charge is -2.08. The smallest absolute Gasteiger partial charge is 0.232 e. The fourth-order valence-electron chi connectivity index (χ4n) is 2.15. The largest absolute Gasteiger partial charge is 0.481 e. The highest BCUT2D eigenvalue weighted by atomic mass is 32.2. The summed E-state index contributed by atoms with van der Waals surface area (Å²) in [5, 5.41) is 2.93. The number of nitrogens with zero attached hydrogens (tertiary/aromatic N) is 4. The average Bonchev–Trinajstić information content (AvgIpc) is 2.61. The number of nitrogens with two attached hydrogens (primary N) is 1. The number of ether oxygens (including phenoxy) is 1. The molecule has 3 rings (SSSR count). The topological polar surface area (TPSA) is 133 Å². The van der Waals surface area contributed by atoms with Crippen LogP contribution in [0.4, 0.5) is 17.6 Å². The van der Waals surface area contributed by atoms with E-state index in [0.717, 1.165) is 6.26 Å². The Morgan fingerprint density at radius 1 is 1.04 bits per heavy atom. The van der Waals surface area contributed by atoms with Crippen LogP contribution in [0.25, 0.3) is 11.5 Å². The molecule has 0 saturated heterocycles. The van der Waals surface area contributed by atoms with Crippen LogP contribution in [0.5, 0.6) is 5.88 Å². The van der Waals surface area contributed by atoms with Gasteiger partial charge in [0.25, 0.3) is 0 Å². The normalized spacial score (nSPS) is 11.2. The number of methoxy groups -OCH3 is 1. The Labute approximate surface area is 150 Å². The van der Waals surface area contributed by atoms with E-state index in [4.69, 9.17) is 10.5 Å². The van der Waals surface area contributed by atoms with Crippen molar-refractivity contribution in [3.63, 3.8) is 0 Å². The quantitative estimate of drug-likeness (QED) is 0.686. The van der Waals surface area contributed by atoms with E-state index >= 15 is 0 Å². The van der Waals surface area contributed by atoms with Gasteiger partial charge in [-0.1, -0.05) is 12.1 Å². The fourth-order valence-corrected chi connectivity index (χ4v) is 2.82. The van der Waals surface area contributed by atoms with Gasteiger partial charge in [0, 0.05) is 18.0 Å². The number of aromatic nitrogens is 4. The van der Waals surface area contributed by atoms with Gasteiger partial charge in [-0.15, -0.1) is 0 Å². The molecular formula is C16H16N6O3S. The van der Waals surface area contributed by atoms with E-state index in [-0.39, 0.29) is 22.6 Å². The highest BCUT2D eigenvalue weighted by molar-refractivity contribution is 7.90. The van der Waals surface area contributed by atoms with Gasteiger partial charge in [-0.05, 0) is 24.3 Å². The molecule has 0 saturated carbocycles. The molecule has 3 aromatic rings. The molecule has 10 heteroatoms. The number of sulfone groups is 1. The minimum absolute atomic E-state index is 0.00128. The van der Waals surface area contributed by atoms with Crippen molar-refractivity contribution in [1.82, 2.24) is 19.9 Å². The second-order valence-corrected chi connectivity index (χ2v) is 7.35. The molecule has 0 aliphatic carbocycles. The summed E-state index contributed by atoms with van der Waals surface area (Å²) >= 11 is 0. The average molecular weight is 372 g/mol. The highest BCUT2D eigenvalue weighted by Gasteiger charge is 2.11. The first-order chi connectivity index (χ1) is 12.3. The summed E-state index contributed by atoms with van der Waals surface area (Å²) in [5.74, 6) is 0.846.